The number of hydrogen-bond acceptors (Lipinski definition) is 3. The lowest BCUT2D eigenvalue weighted by Crippen LogP contribution is -2.42. The van der Waals surface area contributed by atoms with Gasteiger partial charge in [0.2, 0.25) is 0 Å². The Labute approximate surface area is 120 Å². The maximum Gasteiger partial charge on any atom is 0.332 e. The van der Waals surface area contributed by atoms with Crippen LogP contribution < -0.4 is 11.2 Å². The standard InChI is InChI=1S/C13H17BrN2O3/c1-6-13(3,4)19-10(7-14)16-8-9(2)11(17)15(5)12(16)18/h1,8,10H,7H2,2-5H3. The molecule has 0 aliphatic rings. The molecule has 0 saturated heterocycles. The minimum atomic E-state index is -0.805. The minimum Gasteiger partial charge on any atom is -0.339 e. The van der Waals surface area contributed by atoms with Gasteiger partial charge in [0.1, 0.15) is 11.8 Å². The molecule has 0 N–H and O–H groups in total. The molecule has 104 valence electrons. The Morgan fingerprint density at radius 3 is 2.58 bits per heavy atom. The van der Waals surface area contributed by atoms with Gasteiger partial charge >= 0.3 is 5.69 Å². The number of ether oxygens (including phenoxy) is 1. The Morgan fingerprint density at radius 1 is 1.53 bits per heavy atom. The molecule has 0 radical (unpaired) electrons. The molecular formula is C13H17BrN2O3. The van der Waals surface area contributed by atoms with Crippen LogP contribution in [-0.2, 0) is 11.8 Å². The lowest BCUT2D eigenvalue weighted by Gasteiger charge is -2.27. The Morgan fingerprint density at radius 2 is 2.11 bits per heavy atom. The Balaban J connectivity index is 3.33. The van der Waals surface area contributed by atoms with Gasteiger partial charge in [0.25, 0.3) is 5.56 Å². The van der Waals surface area contributed by atoms with Crippen LogP contribution in [0.1, 0.15) is 25.6 Å². The molecule has 0 amide bonds. The maximum absolute atomic E-state index is 12.1. The fourth-order valence-electron chi connectivity index (χ4n) is 1.59. The Hall–Kier alpha value is -1.32. The van der Waals surface area contributed by atoms with Gasteiger partial charge in [-0.25, -0.2) is 4.79 Å². The first-order valence-electron chi connectivity index (χ1n) is 5.74. The normalized spacial score (nSPS) is 13.1. The summed E-state index contributed by atoms with van der Waals surface area (Å²) in [6.07, 6.45) is 6.29. The zero-order valence-corrected chi connectivity index (χ0v) is 13.0. The van der Waals surface area contributed by atoms with Crippen molar-refractivity contribution in [2.45, 2.75) is 32.6 Å². The SMILES string of the molecule is C#CC(C)(C)OC(CBr)n1cc(C)c(=O)n(C)c1=O. The third kappa shape index (κ3) is 3.37. The highest BCUT2D eigenvalue weighted by molar-refractivity contribution is 9.09. The lowest BCUT2D eigenvalue weighted by molar-refractivity contribution is -0.0634. The number of hydrogen-bond donors (Lipinski definition) is 0. The molecule has 1 aromatic heterocycles. The van der Waals surface area contributed by atoms with Crippen molar-refractivity contribution < 1.29 is 4.74 Å². The van der Waals surface area contributed by atoms with E-state index in [0.29, 0.717) is 10.9 Å². The van der Waals surface area contributed by atoms with E-state index >= 15 is 0 Å². The highest BCUT2D eigenvalue weighted by atomic mass is 79.9. The van der Waals surface area contributed by atoms with Crippen molar-refractivity contribution >= 4 is 15.9 Å². The number of terminal acetylenes is 1. The average molecular weight is 329 g/mol. The monoisotopic (exact) mass is 328 g/mol. The fourth-order valence-corrected chi connectivity index (χ4v) is 2.03. The van der Waals surface area contributed by atoms with Gasteiger partial charge in [-0.15, -0.1) is 6.42 Å². The summed E-state index contributed by atoms with van der Waals surface area (Å²) in [5, 5.41) is 0.385. The molecule has 0 aliphatic heterocycles. The molecule has 1 rings (SSSR count). The molecular weight excluding hydrogens is 312 g/mol. The topological polar surface area (TPSA) is 53.2 Å². The zero-order valence-electron chi connectivity index (χ0n) is 11.4. The summed E-state index contributed by atoms with van der Waals surface area (Å²) < 4.78 is 8.14. The van der Waals surface area contributed by atoms with Gasteiger partial charge in [-0.1, -0.05) is 21.9 Å². The van der Waals surface area contributed by atoms with Crippen molar-refractivity contribution in [1.82, 2.24) is 9.13 Å². The Bertz CT molecular complexity index is 622. The van der Waals surface area contributed by atoms with Gasteiger partial charge in [0.05, 0.1) is 0 Å². The fraction of sp³-hybridized carbons (Fsp3) is 0.538. The number of aryl methyl sites for hydroxylation is 1. The number of alkyl halides is 1. The van der Waals surface area contributed by atoms with E-state index in [1.54, 1.807) is 20.8 Å². The van der Waals surface area contributed by atoms with E-state index in [2.05, 4.69) is 21.9 Å². The summed E-state index contributed by atoms with van der Waals surface area (Å²) in [6, 6.07) is 0. The van der Waals surface area contributed by atoms with E-state index in [-0.39, 0.29) is 5.56 Å². The van der Waals surface area contributed by atoms with Gasteiger partial charge in [-0.3, -0.25) is 13.9 Å². The van der Waals surface area contributed by atoms with Crippen LogP contribution in [0.15, 0.2) is 15.8 Å². The number of halogens is 1. The quantitative estimate of drug-likeness (QED) is 0.616. The van der Waals surface area contributed by atoms with Gasteiger partial charge < -0.3 is 4.74 Å². The van der Waals surface area contributed by atoms with E-state index in [4.69, 9.17) is 11.2 Å². The molecule has 5 nitrogen and oxygen atoms in total. The van der Waals surface area contributed by atoms with Crippen LogP contribution in [0.5, 0.6) is 0 Å². The van der Waals surface area contributed by atoms with E-state index < -0.39 is 17.5 Å². The van der Waals surface area contributed by atoms with E-state index in [0.717, 1.165) is 4.57 Å². The van der Waals surface area contributed by atoms with Crippen LogP contribution >= 0.6 is 15.9 Å². The first-order chi connectivity index (χ1) is 8.73. The van der Waals surface area contributed by atoms with Crippen molar-refractivity contribution in [3.63, 3.8) is 0 Å². The Kier molecular flexibility index (Phi) is 4.77. The first kappa shape index (κ1) is 15.7. The minimum absolute atomic E-state index is 0.314. The lowest BCUT2D eigenvalue weighted by atomic mass is 10.1. The molecule has 0 aliphatic carbocycles. The zero-order chi connectivity index (χ0) is 14.8. The van der Waals surface area contributed by atoms with Crippen LogP contribution in [0.3, 0.4) is 0 Å². The molecule has 1 aromatic rings. The summed E-state index contributed by atoms with van der Waals surface area (Å²) in [4.78, 5) is 23.7. The number of aromatic nitrogens is 2. The molecule has 0 bridgehead atoms. The summed E-state index contributed by atoms with van der Waals surface area (Å²) in [6.45, 7) is 5.13. The summed E-state index contributed by atoms with van der Waals surface area (Å²) >= 11 is 3.30. The van der Waals surface area contributed by atoms with Gasteiger partial charge in [0, 0.05) is 24.1 Å². The molecule has 0 spiro atoms. The second-order valence-electron chi connectivity index (χ2n) is 4.75. The molecule has 6 heteroatoms. The first-order valence-corrected chi connectivity index (χ1v) is 6.86. The van der Waals surface area contributed by atoms with Crippen molar-refractivity contribution in [3.05, 3.63) is 32.6 Å². The second-order valence-corrected chi connectivity index (χ2v) is 5.40. The van der Waals surface area contributed by atoms with Crippen molar-refractivity contribution in [3.8, 4) is 12.3 Å². The van der Waals surface area contributed by atoms with Gasteiger partial charge in [-0.05, 0) is 20.8 Å². The molecule has 0 aromatic carbocycles. The molecule has 1 heterocycles. The van der Waals surface area contributed by atoms with Crippen LogP contribution in [-0.4, -0.2) is 20.1 Å². The molecule has 1 atom stereocenters. The summed E-state index contributed by atoms with van der Waals surface area (Å²) in [7, 11) is 1.44. The van der Waals surface area contributed by atoms with Crippen LogP contribution in [0.4, 0.5) is 0 Å². The smallest absolute Gasteiger partial charge is 0.332 e. The van der Waals surface area contributed by atoms with Crippen molar-refractivity contribution in [2.75, 3.05) is 5.33 Å². The van der Waals surface area contributed by atoms with Crippen molar-refractivity contribution in [1.29, 1.82) is 0 Å². The highest BCUT2D eigenvalue weighted by Gasteiger charge is 2.23. The van der Waals surface area contributed by atoms with E-state index in [9.17, 15) is 9.59 Å². The van der Waals surface area contributed by atoms with Gasteiger partial charge in [-0.2, -0.15) is 0 Å². The highest BCUT2D eigenvalue weighted by Crippen LogP contribution is 2.19. The largest absolute Gasteiger partial charge is 0.339 e. The predicted octanol–water partition coefficient (Wildman–Crippen LogP) is 1.18. The third-order valence-corrected chi connectivity index (χ3v) is 3.26. The van der Waals surface area contributed by atoms with Gasteiger partial charge in [0.15, 0.2) is 0 Å². The molecule has 0 saturated carbocycles. The van der Waals surface area contributed by atoms with Crippen LogP contribution in [0, 0.1) is 19.3 Å². The van der Waals surface area contributed by atoms with Crippen LogP contribution in [0.25, 0.3) is 0 Å². The van der Waals surface area contributed by atoms with E-state index in [1.807, 2.05) is 0 Å². The van der Waals surface area contributed by atoms with Crippen LogP contribution in [0.2, 0.25) is 0 Å². The molecule has 0 fully saturated rings. The number of nitrogens with zero attached hydrogens (tertiary/aromatic N) is 2. The van der Waals surface area contributed by atoms with Crippen molar-refractivity contribution in [2.24, 2.45) is 7.05 Å². The third-order valence-electron chi connectivity index (χ3n) is 2.70. The summed E-state index contributed by atoms with van der Waals surface area (Å²) in [5.41, 5.74) is -1.09. The summed E-state index contributed by atoms with van der Waals surface area (Å²) in [5.74, 6) is 2.51. The molecule has 19 heavy (non-hydrogen) atoms. The van der Waals surface area contributed by atoms with E-state index in [1.165, 1.54) is 17.8 Å². The number of rotatable bonds is 4. The molecule has 1 unspecified atom stereocenters. The predicted molar refractivity (Wildman–Crippen MR) is 77.5 cm³/mol. The average Bonchev–Trinajstić information content (AvgIpc) is 2.38. The second kappa shape index (κ2) is 5.76. The maximum atomic E-state index is 12.1.